The summed E-state index contributed by atoms with van der Waals surface area (Å²) in [5.41, 5.74) is 5.76. The third kappa shape index (κ3) is 3.14. The van der Waals surface area contributed by atoms with Crippen LogP contribution in [0.4, 0.5) is 0 Å². The van der Waals surface area contributed by atoms with Crippen molar-refractivity contribution < 1.29 is 9.53 Å². The van der Waals surface area contributed by atoms with Gasteiger partial charge in [0, 0.05) is 35.1 Å². The van der Waals surface area contributed by atoms with E-state index in [2.05, 4.69) is 36.6 Å². The average molecular weight is 376 g/mol. The molecule has 3 aromatic rings. The van der Waals surface area contributed by atoms with Crippen LogP contribution in [0.2, 0.25) is 10.0 Å². The Kier molecular flexibility index (Phi) is 4.81. The highest BCUT2D eigenvalue weighted by molar-refractivity contribution is 6.38. The second-order valence-corrected chi connectivity index (χ2v) is 7.05. The van der Waals surface area contributed by atoms with Crippen molar-refractivity contribution in [2.75, 3.05) is 7.11 Å². The number of halogens is 2. The lowest BCUT2D eigenvalue weighted by Crippen LogP contribution is -2.05. The minimum atomic E-state index is -0.466. The molecule has 2 aromatic carbocycles. The molecule has 0 saturated heterocycles. The summed E-state index contributed by atoms with van der Waals surface area (Å²) < 4.78 is 6.94. The normalized spacial score (nSPS) is 11.1. The Balaban J connectivity index is 2.12. The fourth-order valence-electron chi connectivity index (χ4n) is 3.22. The van der Waals surface area contributed by atoms with E-state index in [-0.39, 0.29) is 0 Å². The number of ether oxygens (including phenoxy) is 1. The first kappa shape index (κ1) is 17.8. The maximum atomic E-state index is 11.9. The van der Waals surface area contributed by atoms with E-state index in [1.165, 1.54) is 29.1 Å². The van der Waals surface area contributed by atoms with Crippen molar-refractivity contribution in [3.8, 4) is 0 Å². The summed E-state index contributed by atoms with van der Waals surface area (Å²) in [6, 6.07) is 9.77. The fourth-order valence-corrected chi connectivity index (χ4v) is 3.80. The molecule has 0 N–H and O–H groups in total. The highest BCUT2D eigenvalue weighted by Gasteiger charge is 2.18. The van der Waals surface area contributed by atoms with Crippen LogP contribution >= 0.6 is 23.2 Å². The zero-order valence-corrected chi connectivity index (χ0v) is 16.1. The number of benzene rings is 2. The van der Waals surface area contributed by atoms with Crippen molar-refractivity contribution in [1.82, 2.24) is 4.57 Å². The molecule has 0 bridgehead atoms. The number of rotatable bonds is 3. The number of nitrogens with zero attached hydrogens (tertiary/aromatic N) is 1. The van der Waals surface area contributed by atoms with Crippen LogP contribution in [-0.4, -0.2) is 17.6 Å². The van der Waals surface area contributed by atoms with Gasteiger partial charge in [0.05, 0.1) is 17.7 Å². The number of esters is 1. The molecule has 0 saturated carbocycles. The number of hydrogen-bond acceptors (Lipinski definition) is 2. The SMILES string of the molecule is COC(=O)c1ccc(Cl)c(Cc2cc3c(C)cc(C)cc3n2C)c1Cl. The van der Waals surface area contributed by atoms with Crippen LogP contribution in [0.3, 0.4) is 0 Å². The number of carbonyl (C=O) groups excluding carboxylic acids is 1. The second kappa shape index (κ2) is 6.74. The van der Waals surface area contributed by atoms with E-state index in [0.717, 1.165) is 11.3 Å². The summed E-state index contributed by atoms with van der Waals surface area (Å²) in [6.07, 6.45) is 0.534. The minimum absolute atomic E-state index is 0.328. The van der Waals surface area contributed by atoms with E-state index in [4.69, 9.17) is 27.9 Å². The summed E-state index contributed by atoms with van der Waals surface area (Å²) in [5, 5.41) is 2.09. The van der Waals surface area contributed by atoms with E-state index in [1.807, 2.05) is 7.05 Å². The highest BCUT2D eigenvalue weighted by Crippen LogP contribution is 2.32. The molecule has 0 aliphatic carbocycles. The van der Waals surface area contributed by atoms with Gasteiger partial charge in [0.25, 0.3) is 0 Å². The van der Waals surface area contributed by atoms with Crippen molar-refractivity contribution in [1.29, 1.82) is 0 Å². The Labute approximate surface area is 157 Å². The van der Waals surface area contributed by atoms with E-state index in [1.54, 1.807) is 12.1 Å². The van der Waals surface area contributed by atoms with Gasteiger partial charge in [-0.25, -0.2) is 4.79 Å². The molecule has 1 aromatic heterocycles. The number of hydrogen-bond donors (Lipinski definition) is 0. The number of aromatic nitrogens is 1. The average Bonchev–Trinajstić information content (AvgIpc) is 2.88. The van der Waals surface area contributed by atoms with Crippen LogP contribution in [0.15, 0.2) is 30.3 Å². The third-order valence-electron chi connectivity index (χ3n) is 4.56. The first-order chi connectivity index (χ1) is 11.8. The molecule has 0 unspecified atom stereocenters. The van der Waals surface area contributed by atoms with Gasteiger partial charge in [-0.3, -0.25) is 0 Å². The summed E-state index contributed by atoms with van der Waals surface area (Å²) in [6.45, 7) is 4.20. The van der Waals surface area contributed by atoms with Crippen LogP contribution in [0.25, 0.3) is 10.9 Å². The molecular formula is C20H19Cl2NO2. The van der Waals surface area contributed by atoms with Gasteiger partial charge in [-0.1, -0.05) is 29.3 Å². The van der Waals surface area contributed by atoms with Crippen LogP contribution in [0.1, 0.15) is 32.7 Å². The lowest BCUT2D eigenvalue weighted by molar-refractivity contribution is 0.0601. The number of carbonyl (C=O) groups is 1. The maximum absolute atomic E-state index is 11.9. The topological polar surface area (TPSA) is 31.2 Å². The van der Waals surface area contributed by atoms with E-state index < -0.39 is 5.97 Å². The molecule has 0 radical (unpaired) electrons. The fraction of sp³-hybridized carbons (Fsp3) is 0.250. The molecule has 130 valence electrons. The Bertz CT molecular complexity index is 989. The molecule has 3 rings (SSSR count). The van der Waals surface area contributed by atoms with Gasteiger partial charge in [0.1, 0.15) is 0 Å². The third-order valence-corrected chi connectivity index (χ3v) is 5.35. The largest absolute Gasteiger partial charge is 0.465 e. The van der Waals surface area contributed by atoms with Gasteiger partial charge < -0.3 is 9.30 Å². The molecule has 0 aliphatic heterocycles. The van der Waals surface area contributed by atoms with Crippen molar-refractivity contribution in [2.45, 2.75) is 20.3 Å². The lowest BCUT2D eigenvalue weighted by Gasteiger charge is -2.11. The molecule has 0 fully saturated rings. The van der Waals surface area contributed by atoms with Gasteiger partial charge in [-0.2, -0.15) is 0 Å². The van der Waals surface area contributed by atoms with Gasteiger partial charge in [0.15, 0.2) is 0 Å². The van der Waals surface area contributed by atoms with Gasteiger partial charge >= 0.3 is 5.97 Å². The summed E-state index contributed by atoms with van der Waals surface area (Å²) in [7, 11) is 3.37. The molecule has 3 nitrogen and oxygen atoms in total. The van der Waals surface area contributed by atoms with Crippen molar-refractivity contribution in [2.24, 2.45) is 7.05 Å². The Morgan fingerprint density at radius 1 is 1.16 bits per heavy atom. The van der Waals surface area contributed by atoms with Crippen molar-refractivity contribution in [3.63, 3.8) is 0 Å². The van der Waals surface area contributed by atoms with Crippen molar-refractivity contribution in [3.05, 3.63) is 68.3 Å². The van der Waals surface area contributed by atoms with E-state index >= 15 is 0 Å². The predicted octanol–water partition coefficient (Wildman–Crippen LogP) is 5.48. The van der Waals surface area contributed by atoms with Gasteiger partial charge in [-0.05, 0) is 54.8 Å². The molecular weight excluding hydrogens is 357 g/mol. The Morgan fingerprint density at radius 2 is 1.88 bits per heavy atom. The first-order valence-corrected chi connectivity index (χ1v) is 8.69. The zero-order valence-electron chi connectivity index (χ0n) is 14.6. The first-order valence-electron chi connectivity index (χ1n) is 7.94. The van der Waals surface area contributed by atoms with Gasteiger partial charge in [-0.15, -0.1) is 0 Å². The maximum Gasteiger partial charge on any atom is 0.339 e. The Hall–Kier alpha value is -1.97. The van der Waals surface area contributed by atoms with Crippen molar-refractivity contribution >= 4 is 40.1 Å². The lowest BCUT2D eigenvalue weighted by atomic mass is 10.0. The quantitative estimate of drug-likeness (QED) is 0.567. The smallest absolute Gasteiger partial charge is 0.339 e. The number of fused-ring (bicyclic) bond motifs is 1. The zero-order chi connectivity index (χ0) is 18.3. The molecule has 0 amide bonds. The van der Waals surface area contributed by atoms with Crippen LogP contribution in [0, 0.1) is 13.8 Å². The predicted molar refractivity (Wildman–Crippen MR) is 103 cm³/mol. The second-order valence-electron chi connectivity index (χ2n) is 6.27. The summed E-state index contributed by atoms with van der Waals surface area (Å²) in [5.74, 6) is -0.466. The molecule has 1 heterocycles. The molecule has 0 atom stereocenters. The Morgan fingerprint density at radius 3 is 2.56 bits per heavy atom. The minimum Gasteiger partial charge on any atom is -0.465 e. The van der Waals surface area contributed by atoms with Crippen LogP contribution in [-0.2, 0) is 18.2 Å². The monoisotopic (exact) mass is 375 g/mol. The molecule has 0 spiro atoms. The molecule has 0 aliphatic rings. The van der Waals surface area contributed by atoms with Crippen LogP contribution in [0.5, 0.6) is 0 Å². The molecule has 5 heteroatoms. The summed E-state index contributed by atoms with van der Waals surface area (Å²) >= 11 is 12.8. The number of aryl methyl sites for hydroxylation is 3. The van der Waals surface area contributed by atoms with Crippen LogP contribution < -0.4 is 0 Å². The summed E-state index contributed by atoms with van der Waals surface area (Å²) in [4.78, 5) is 11.9. The van der Waals surface area contributed by atoms with Gasteiger partial charge in [0.2, 0.25) is 0 Å². The van der Waals surface area contributed by atoms with E-state index in [0.29, 0.717) is 22.0 Å². The standard InChI is InChI=1S/C20H19Cl2NO2/c1-11-7-12(2)15-9-13(23(3)18(15)8-11)10-16-17(21)6-5-14(19(16)22)20(24)25-4/h5-9H,10H2,1-4H3. The highest BCUT2D eigenvalue weighted by atomic mass is 35.5. The van der Waals surface area contributed by atoms with E-state index in [9.17, 15) is 4.79 Å². The number of methoxy groups -OCH3 is 1. The molecule has 25 heavy (non-hydrogen) atoms.